The second-order valence-electron chi connectivity index (χ2n) is 3.58. The van der Waals surface area contributed by atoms with E-state index in [2.05, 4.69) is 4.74 Å². The molecule has 0 aliphatic carbocycles. The maximum absolute atomic E-state index is 12.0. The highest BCUT2D eigenvalue weighted by atomic mass is 16.5. The molecule has 19 heavy (non-hydrogen) atoms. The van der Waals surface area contributed by atoms with Crippen molar-refractivity contribution in [3.05, 3.63) is 17.7 Å². The van der Waals surface area contributed by atoms with Gasteiger partial charge in [0.2, 0.25) is 0 Å². The fraction of sp³-hybridized carbons (Fsp3) is 0.385. The first-order valence-electron chi connectivity index (χ1n) is 5.47. The second-order valence-corrected chi connectivity index (χ2v) is 3.58. The van der Waals surface area contributed by atoms with Gasteiger partial charge in [-0.1, -0.05) is 0 Å². The minimum absolute atomic E-state index is 0.241. The van der Waals surface area contributed by atoms with Gasteiger partial charge in [-0.2, -0.15) is 0 Å². The Labute approximate surface area is 111 Å². The first-order valence-corrected chi connectivity index (χ1v) is 5.47. The molecule has 0 N–H and O–H groups in total. The molecule has 0 aliphatic heterocycles. The summed E-state index contributed by atoms with van der Waals surface area (Å²) < 4.78 is 19.8. The van der Waals surface area contributed by atoms with Crippen molar-refractivity contribution in [2.24, 2.45) is 0 Å². The Morgan fingerprint density at radius 3 is 1.89 bits per heavy atom. The van der Waals surface area contributed by atoms with Gasteiger partial charge in [-0.3, -0.25) is 9.59 Å². The fourth-order valence-electron chi connectivity index (χ4n) is 1.55. The molecule has 0 unspecified atom stereocenters. The van der Waals surface area contributed by atoms with E-state index in [1.54, 1.807) is 0 Å². The lowest BCUT2D eigenvalue weighted by Crippen LogP contribution is -2.11. The lowest BCUT2D eigenvalue weighted by Gasteiger charge is -2.13. The van der Waals surface area contributed by atoms with Gasteiger partial charge in [-0.15, -0.1) is 0 Å². The second kappa shape index (κ2) is 6.63. The van der Waals surface area contributed by atoms with E-state index in [4.69, 9.17) is 14.2 Å². The van der Waals surface area contributed by atoms with Crippen LogP contribution < -0.4 is 14.2 Å². The van der Waals surface area contributed by atoms with Crippen LogP contribution in [0.3, 0.4) is 0 Å². The van der Waals surface area contributed by atoms with Crippen molar-refractivity contribution in [1.82, 2.24) is 0 Å². The van der Waals surface area contributed by atoms with Gasteiger partial charge < -0.3 is 18.9 Å². The summed E-state index contributed by atoms with van der Waals surface area (Å²) in [6, 6.07) is 3.01. The third kappa shape index (κ3) is 3.37. The molecule has 0 heterocycles. The molecular weight excluding hydrogens is 252 g/mol. The predicted octanol–water partition coefficient (Wildman–Crippen LogP) is 1.46. The number of Topliss-reactive ketones (excluding diaryl/α,β-unsaturated/α-hetero) is 1. The van der Waals surface area contributed by atoms with Gasteiger partial charge in [-0.25, -0.2) is 0 Å². The number of carbonyl (C=O) groups excluding carboxylic acids is 2. The minimum Gasteiger partial charge on any atom is -0.496 e. The van der Waals surface area contributed by atoms with Gasteiger partial charge in [0, 0.05) is 6.07 Å². The summed E-state index contributed by atoms with van der Waals surface area (Å²) >= 11 is 0. The lowest BCUT2D eigenvalue weighted by atomic mass is 10.1. The molecule has 104 valence electrons. The molecule has 0 radical (unpaired) electrons. The molecule has 0 bridgehead atoms. The van der Waals surface area contributed by atoms with Crippen LogP contribution in [0.25, 0.3) is 0 Å². The molecule has 1 aromatic rings. The Balaban J connectivity index is 3.18. The SMILES string of the molecule is COC(=O)CC(=O)c1cc(OC)c(OC)cc1OC. The molecule has 0 aromatic heterocycles. The Kier molecular flexibility index (Phi) is 5.17. The number of hydrogen-bond acceptors (Lipinski definition) is 6. The van der Waals surface area contributed by atoms with Gasteiger partial charge in [-0.05, 0) is 6.07 Å². The zero-order valence-corrected chi connectivity index (χ0v) is 11.3. The third-order valence-corrected chi connectivity index (χ3v) is 2.54. The highest BCUT2D eigenvalue weighted by Gasteiger charge is 2.20. The number of benzene rings is 1. The average molecular weight is 268 g/mol. The molecule has 0 saturated carbocycles. The van der Waals surface area contributed by atoms with Crippen molar-refractivity contribution in [3.8, 4) is 17.2 Å². The van der Waals surface area contributed by atoms with E-state index in [9.17, 15) is 9.59 Å². The first kappa shape index (κ1) is 14.8. The summed E-state index contributed by atoms with van der Waals surface area (Å²) in [6.45, 7) is 0. The quantitative estimate of drug-likeness (QED) is 0.442. The molecule has 0 amide bonds. The van der Waals surface area contributed by atoms with E-state index in [1.165, 1.54) is 40.6 Å². The van der Waals surface area contributed by atoms with Gasteiger partial charge in [0.15, 0.2) is 17.3 Å². The first-order chi connectivity index (χ1) is 9.07. The molecule has 0 aliphatic rings. The highest BCUT2D eigenvalue weighted by Crippen LogP contribution is 2.35. The van der Waals surface area contributed by atoms with Crippen LogP contribution >= 0.6 is 0 Å². The topological polar surface area (TPSA) is 71.1 Å². The van der Waals surface area contributed by atoms with E-state index in [1.807, 2.05) is 0 Å². The zero-order chi connectivity index (χ0) is 14.4. The summed E-state index contributed by atoms with van der Waals surface area (Å²) in [5.41, 5.74) is 0.241. The number of ketones is 1. The van der Waals surface area contributed by atoms with E-state index in [0.29, 0.717) is 17.2 Å². The summed E-state index contributed by atoms with van der Waals surface area (Å²) in [5.74, 6) is 0.114. The summed E-state index contributed by atoms with van der Waals surface area (Å²) in [5, 5.41) is 0. The average Bonchev–Trinajstić information content (AvgIpc) is 2.45. The van der Waals surface area contributed by atoms with Crippen LogP contribution in [0.15, 0.2) is 12.1 Å². The molecule has 0 saturated heterocycles. The summed E-state index contributed by atoms with van der Waals surface area (Å²) in [7, 11) is 5.59. The number of rotatable bonds is 6. The molecule has 0 fully saturated rings. The number of ether oxygens (including phenoxy) is 4. The standard InChI is InChI=1S/C13H16O6/c1-16-10-7-12(18-3)11(17-2)5-8(10)9(14)6-13(15)19-4/h5,7H,6H2,1-4H3. The van der Waals surface area contributed by atoms with Crippen LogP contribution in [-0.4, -0.2) is 40.2 Å². The van der Waals surface area contributed by atoms with Crippen LogP contribution in [0.4, 0.5) is 0 Å². The van der Waals surface area contributed by atoms with Crippen LogP contribution in [0, 0.1) is 0 Å². The Hall–Kier alpha value is -2.24. The number of esters is 1. The predicted molar refractivity (Wildman–Crippen MR) is 67.1 cm³/mol. The van der Waals surface area contributed by atoms with Crippen molar-refractivity contribution in [2.45, 2.75) is 6.42 Å². The third-order valence-electron chi connectivity index (χ3n) is 2.54. The van der Waals surface area contributed by atoms with E-state index in [-0.39, 0.29) is 12.0 Å². The Bertz CT molecular complexity index is 480. The lowest BCUT2D eigenvalue weighted by molar-refractivity contribution is -0.139. The fourth-order valence-corrected chi connectivity index (χ4v) is 1.55. The molecule has 6 heteroatoms. The Morgan fingerprint density at radius 1 is 0.895 bits per heavy atom. The Morgan fingerprint density at radius 2 is 1.42 bits per heavy atom. The zero-order valence-electron chi connectivity index (χ0n) is 11.3. The van der Waals surface area contributed by atoms with E-state index >= 15 is 0 Å². The molecular formula is C13H16O6. The molecule has 1 rings (SSSR count). The number of methoxy groups -OCH3 is 4. The highest BCUT2D eigenvalue weighted by molar-refractivity contribution is 6.08. The molecule has 0 spiro atoms. The van der Waals surface area contributed by atoms with Crippen LogP contribution in [0.5, 0.6) is 17.2 Å². The number of carbonyl (C=O) groups is 2. The van der Waals surface area contributed by atoms with Crippen LogP contribution in [0.1, 0.15) is 16.8 Å². The normalized spacial score (nSPS) is 9.68. The minimum atomic E-state index is -0.609. The van der Waals surface area contributed by atoms with Crippen molar-refractivity contribution in [1.29, 1.82) is 0 Å². The number of hydrogen-bond donors (Lipinski definition) is 0. The van der Waals surface area contributed by atoms with Crippen LogP contribution in [0.2, 0.25) is 0 Å². The summed E-state index contributed by atoms with van der Waals surface area (Å²) in [6.07, 6.45) is -0.359. The van der Waals surface area contributed by atoms with Crippen molar-refractivity contribution < 1.29 is 28.5 Å². The van der Waals surface area contributed by atoms with Crippen molar-refractivity contribution in [2.75, 3.05) is 28.4 Å². The van der Waals surface area contributed by atoms with Crippen molar-refractivity contribution >= 4 is 11.8 Å². The van der Waals surface area contributed by atoms with Gasteiger partial charge in [0.05, 0.1) is 34.0 Å². The molecule has 6 nitrogen and oxygen atoms in total. The smallest absolute Gasteiger partial charge is 0.313 e. The maximum atomic E-state index is 12.0. The van der Waals surface area contributed by atoms with Crippen molar-refractivity contribution in [3.63, 3.8) is 0 Å². The largest absolute Gasteiger partial charge is 0.496 e. The van der Waals surface area contributed by atoms with Gasteiger partial charge in [0.25, 0.3) is 0 Å². The van der Waals surface area contributed by atoms with Crippen LogP contribution in [-0.2, 0) is 9.53 Å². The molecule has 1 aromatic carbocycles. The van der Waals surface area contributed by atoms with E-state index in [0.717, 1.165) is 0 Å². The van der Waals surface area contributed by atoms with E-state index < -0.39 is 11.8 Å². The van der Waals surface area contributed by atoms with Gasteiger partial charge in [0.1, 0.15) is 12.2 Å². The monoisotopic (exact) mass is 268 g/mol. The summed E-state index contributed by atoms with van der Waals surface area (Å²) in [4.78, 5) is 23.1. The van der Waals surface area contributed by atoms with Gasteiger partial charge >= 0.3 is 5.97 Å². The maximum Gasteiger partial charge on any atom is 0.313 e. The molecule has 0 atom stereocenters.